The van der Waals surface area contributed by atoms with E-state index in [-0.39, 0.29) is 12.4 Å². The highest BCUT2D eigenvalue weighted by Gasteiger charge is 2.17. The Balaban J connectivity index is 1.52. The number of rotatable bonds is 5. The van der Waals surface area contributed by atoms with Crippen molar-refractivity contribution in [2.24, 2.45) is 0 Å². The molecule has 1 aromatic heterocycles. The minimum absolute atomic E-state index is 0.166. The Kier molecular flexibility index (Phi) is 4.72. The minimum Gasteiger partial charge on any atom is -0.485 e. The first-order valence-corrected chi connectivity index (χ1v) is 7.96. The van der Waals surface area contributed by atoms with Gasteiger partial charge >= 0.3 is 0 Å². The van der Waals surface area contributed by atoms with Crippen LogP contribution in [0.3, 0.4) is 0 Å². The van der Waals surface area contributed by atoms with E-state index in [1.165, 1.54) is 12.1 Å². The van der Waals surface area contributed by atoms with Gasteiger partial charge in [0.15, 0.2) is 6.61 Å². The number of halogens is 1. The lowest BCUT2D eigenvalue weighted by molar-refractivity contribution is 0.283. The molecule has 5 nitrogen and oxygen atoms in total. The van der Waals surface area contributed by atoms with Crippen molar-refractivity contribution in [3.05, 3.63) is 41.8 Å². The van der Waals surface area contributed by atoms with Crippen molar-refractivity contribution in [2.45, 2.75) is 19.1 Å². The molecule has 2 aromatic rings. The number of ether oxygens (including phenoxy) is 1. The maximum atomic E-state index is 13.0. The number of hydrogen-bond donors (Lipinski definition) is 1. The zero-order valence-electron chi connectivity index (χ0n) is 11.4. The number of aromatic nitrogens is 2. The Morgan fingerprint density at radius 3 is 3.24 bits per heavy atom. The third-order valence-corrected chi connectivity index (χ3v) is 4.22. The molecule has 1 N–H and O–H groups in total. The zero-order valence-corrected chi connectivity index (χ0v) is 12.2. The molecule has 1 fully saturated rings. The highest BCUT2D eigenvalue weighted by atomic mass is 32.2. The summed E-state index contributed by atoms with van der Waals surface area (Å²) in [5.41, 5.74) is 0. The summed E-state index contributed by atoms with van der Waals surface area (Å²) in [5.74, 6) is 3.39. The fourth-order valence-electron chi connectivity index (χ4n) is 2.10. The lowest BCUT2D eigenvalue weighted by atomic mass is 10.2. The molecular formula is C14H16FN3O2S. The van der Waals surface area contributed by atoms with E-state index in [0.29, 0.717) is 23.5 Å². The number of nitrogens with one attached hydrogen (secondary N) is 1. The van der Waals surface area contributed by atoms with Crippen LogP contribution in [0.15, 0.2) is 28.8 Å². The van der Waals surface area contributed by atoms with Crippen LogP contribution in [0.4, 0.5) is 4.39 Å². The Morgan fingerprint density at radius 2 is 2.43 bits per heavy atom. The average molecular weight is 309 g/mol. The van der Waals surface area contributed by atoms with Crippen LogP contribution in [0.5, 0.6) is 5.75 Å². The molecule has 112 valence electrons. The molecule has 0 aliphatic carbocycles. The summed E-state index contributed by atoms with van der Waals surface area (Å²) in [6.07, 6.45) is 0.722. The van der Waals surface area contributed by atoms with Gasteiger partial charge in [0.05, 0.1) is 0 Å². The Bertz CT molecular complexity index is 587. The lowest BCUT2D eigenvalue weighted by Gasteiger charge is -2.21. The molecule has 7 heteroatoms. The van der Waals surface area contributed by atoms with E-state index in [2.05, 4.69) is 15.5 Å². The van der Waals surface area contributed by atoms with Crippen LogP contribution in [-0.2, 0) is 13.0 Å². The maximum Gasteiger partial charge on any atom is 0.228 e. The molecule has 0 amide bonds. The first kappa shape index (κ1) is 14.3. The molecule has 1 saturated heterocycles. The van der Waals surface area contributed by atoms with E-state index < -0.39 is 0 Å². The molecule has 0 saturated carbocycles. The van der Waals surface area contributed by atoms with Crippen LogP contribution >= 0.6 is 11.8 Å². The zero-order chi connectivity index (χ0) is 14.5. The molecule has 0 spiro atoms. The van der Waals surface area contributed by atoms with Gasteiger partial charge in [-0.1, -0.05) is 11.2 Å². The van der Waals surface area contributed by atoms with Crippen molar-refractivity contribution in [1.29, 1.82) is 0 Å². The first-order chi connectivity index (χ1) is 10.3. The second-order valence-corrected chi connectivity index (χ2v) is 5.93. The van der Waals surface area contributed by atoms with Gasteiger partial charge in [-0.05, 0) is 12.1 Å². The highest BCUT2D eigenvalue weighted by Crippen LogP contribution is 2.14. The SMILES string of the molecule is Fc1cccc(OCc2noc(CC3CSCCN3)n2)c1. The molecule has 1 aromatic carbocycles. The molecule has 1 aliphatic rings. The van der Waals surface area contributed by atoms with Crippen molar-refractivity contribution in [1.82, 2.24) is 15.5 Å². The molecular weight excluding hydrogens is 293 g/mol. The monoisotopic (exact) mass is 309 g/mol. The van der Waals surface area contributed by atoms with Crippen molar-refractivity contribution in [3.8, 4) is 5.75 Å². The average Bonchev–Trinajstić information content (AvgIpc) is 2.94. The second kappa shape index (κ2) is 6.91. The molecule has 21 heavy (non-hydrogen) atoms. The van der Waals surface area contributed by atoms with E-state index in [9.17, 15) is 4.39 Å². The number of hydrogen-bond acceptors (Lipinski definition) is 6. The quantitative estimate of drug-likeness (QED) is 0.912. The van der Waals surface area contributed by atoms with Gasteiger partial charge in [-0.3, -0.25) is 0 Å². The van der Waals surface area contributed by atoms with Crippen molar-refractivity contribution in [3.63, 3.8) is 0 Å². The molecule has 2 heterocycles. The summed E-state index contributed by atoms with van der Waals surface area (Å²) in [5, 5.41) is 7.30. The number of thioether (sulfide) groups is 1. The van der Waals surface area contributed by atoms with Crippen molar-refractivity contribution >= 4 is 11.8 Å². The van der Waals surface area contributed by atoms with E-state index >= 15 is 0 Å². The Labute approximate surface area is 126 Å². The van der Waals surface area contributed by atoms with E-state index in [4.69, 9.17) is 9.26 Å². The van der Waals surface area contributed by atoms with E-state index in [1.54, 1.807) is 12.1 Å². The standard InChI is InChI=1S/C14H16FN3O2S/c15-10-2-1-3-12(6-10)19-8-13-17-14(20-18-13)7-11-9-21-5-4-16-11/h1-3,6,11,16H,4-5,7-9H2. The third-order valence-electron chi connectivity index (χ3n) is 3.09. The summed E-state index contributed by atoms with van der Waals surface area (Å²) < 4.78 is 23.7. The van der Waals surface area contributed by atoms with Crippen LogP contribution in [-0.4, -0.2) is 34.2 Å². The van der Waals surface area contributed by atoms with Gasteiger partial charge in [0, 0.05) is 36.6 Å². The number of nitrogens with zero attached hydrogens (tertiary/aromatic N) is 2. The predicted octanol–water partition coefficient (Wildman–Crippen LogP) is 2.04. The molecule has 0 bridgehead atoms. The predicted molar refractivity (Wildman–Crippen MR) is 77.8 cm³/mol. The summed E-state index contributed by atoms with van der Waals surface area (Å²) in [6, 6.07) is 6.35. The molecule has 3 rings (SSSR count). The van der Waals surface area contributed by atoms with E-state index in [0.717, 1.165) is 24.5 Å². The minimum atomic E-state index is -0.331. The Hall–Kier alpha value is -1.60. The fourth-order valence-corrected chi connectivity index (χ4v) is 3.05. The summed E-state index contributed by atoms with van der Waals surface area (Å²) in [4.78, 5) is 4.30. The smallest absolute Gasteiger partial charge is 0.228 e. The maximum absolute atomic E-state index is 13.0. The molecule has 1 unspecified atom stereocenters. The molecule has 0 radical (unpaired) electrons. The normalized spacial score (nSPS) is 18.6. The van der Waals surface area contributed by atoms with Gasteiger partial charge in [-0.15, -0.1) is 0 Å². The topological polar surface area (TPSA) is 60.2 Å². The van der Waals surface area contributed by atoms with Crippen LogP contribution in [0.1, 0.15) is 11.7 Å². The fraction of sp³-hybridized carbons (Fsp3) is 0.429. The summed E-state index contributed by atoms with van der Waals surface area (Å²) in [6.45, 7) is 1.18. The Morgan fingerprint density at radius 1 is 1.48 bits per heavy atom. The van der Waals surface area contributed by atoms with Crippen molar-refractivity contribution in [2.75, 3.05) is 18.1 Å². The van der Waals surface area contributed by atoms with Gasteiger partial charge < -0.3 is 14.6 Å². The van der Waals surface area contributed by atoms with Crippen molar-refractivity contribution < 1.29 is 13.7 Å². The van der Waals surface area contributed by atoms with Gasteiger partial charge in [0.1, 0.15) is 11.6 Å². The van der Waals surface area contributed by atoms with Crippen LogP contribution < -0.4 is 10.1 Å². The second-order valence-electron chi connectivity index (χ2n) is 4.78. The molecule has 1 atom stereocenters. The highest BCUT2D eigenvalue weighted by molar-refractivity contribution is 7.99. The van der Waals surface area contributed by atoms with Gasteiger partial charge in [0.25, 0.3) is 0 Å². The largest absolute Gasteiger partial charge is 0.485 e. The number of benzene rings is 1. The van der Waals surface area contributed by atoms with Gasteiger partial charge in [-0.2, -0.15) is 16.7 Å². The molecule has 1 aliphatic heterocycles. The first-order valence-electron chi connectivity index (χ1n) is 6.80. The lowest BCUT2D eigenvalue weighted by Crippen LogP contribution is -2.38. The van der Waals surface area contributed by atoms with Crippen LogP contribution in [0, 0.1) is 5.82 Å². The van der Waals surface area contributed by atoms with Gasteiger partial charge in [-0.25, -0.2) is 4.39 Å². The third kappa shape index (κ3) is 4.18. The summed E-state index contributed by atoms with van der Waals surface area (Å²) in [7, 11) is 0. The summed E-state index contributed by atoms with van der Waals surface area (Å²) >= 11 is 1.93. The van der Waals surface area contributed by atoms with E-state index in [1.807, 2.05) is 11.8 Å². The van der Waals surface area contributed by atoms with Crippen LogP contribution in [0.25, 0.3) is 0 Å². The van der Waals surface area contributed by atoms with Crippen LogP contribution in [0.2, 0.25) is 0 Å². The van der Waals surface area contributed by atoms with Gasteiger partial charge in [0.2, 0.25) is 11.7 Å².